The molecule has 26 heavy (non-hydrogen) atoms. The van der Waals surface area contributed by atoms with Gasteiger partial charge in [-0.2, -0.15) is 5.10 Å². The van der Waals surface area contributed by atoms with Crippen LogP contribution in [0.1, 0.15) is 29.8 Å². The van der Waals surface area contributed by atoms with Gasteiger partial charge in [0, 0.05) is 39.8 Å². The molecule has 3 N–H and O–H groups in total. The van der Waals surface area contributed by atoms with Crippen LogP contribution in [0.4, 0.5) is 5.69 Å². The fraction of sp³-hybridized carbons (Fsp3) is 0.150. The Kier molecular flexibility index (Phi) is 5.12. The Bertz CT molecular complexity index is 955. The molecule has 6 heteroatoms. The van der Waals surface area contributed by atoms with Crippen LogP contribution in [0, 0.1) is 5.92 Å². The number of fused-ring (bicyclic) bond motifs is 1. The van der Waals surface area contributed by atoms with E-state index in [1.165, 1.54) is 0 Å². The molecule has 1 aromatic heterocycles. The van der Waals surface area contributed by atoms with Gasteiger partial charge < -0.3 is 10.3 Å². The van der Waals surface area contributed by atoms with Crippen molar-refractivity contribution in [3.63, 3.8) is 0 Å². The van der Waals surface area contributed by atoms with Crippen molar-refractivity contribution in [2.75, 3.05) is 5.32 Å². The average Bonchev–Trinajstić information content (AvgIpc) is 3.05. The highest BCUT2D eigenvalue weighted by Gasteiger charge is 2.08. The monoisotopic (exact) mass is 348 g/mol. The van der Waals surface area contributed by atoms with Gasteiger partial charge in [-0.25, -0.2) is 5.43 Å². The minimum Gasteiger partial charge on any atom is -0.361 e. The van der Waals surface area contributed by atoms with Crippen LogP contribution in [0.5, 0.6) is 0 Å². The Morgan fingerprint density at radius 2 is 1.81 bits per heavy atom. The summed E-state index contributed by atoms with van der Waals surface area (Å²) >= 11 is 0. The number of aromatic amines is 1. The zero-order valence-corrected chi connectivity index (χ0v) is 14.6. The summed E-state index contributed by atoms with van der Waals surface area (Å²) < 4.78 is 0. The second kappa shape index (κ2) is 7.65. The molecule has 0 atom stereocenters. The minimum atomic E-state index is -0.317. The topological polar surface area (TPSA) is 86.3 Å². The molecule has 0 unspecified atom stereocenters. The van der Waals surface area contributed by atoms with E-state index in [-0.39, 0.29) is 17.7 Å². The van der Waals surface area contributed by atoms with Crippen LogP contribution in [0.15, 0.2) is 59.8 Å². The molecule has 3 rings (SSSR count). The number of para-hydroxylation sites is 1. The van der Waals surface area contributed by atoms with Gasteiger partial charge in [-0.3, -0.25) is 9.59 Å². The third-order valence-electron chi connectivity index (χ3n) is 3.93. The predicted octanol–water partition coefficient (Wildman–Crippen LogP) is 3.53. The first-order valence-corrected chi connectivity index (χ1v) is 8.35. The number of hydrogen-bond donors (Lipinski definition) is 3. The summed E-state index contributed by atoms with van der Waals surface area (Å²) in [6, 6.07) is 14.5. The zero-order chi connectivity index (χ0) is 18.5. The molecule has 2 aromatic carbocycles. The molecule has 0 radical (unpaired) electrons. The number of aromatic nitrogens is 1. The van der Waals surface area contributed by atoms with Gasteiger partial charge >= 0.3 is 0 Å². The van der Waals surface area contributed by atoms with E-state index in [0.29, 0.717) is 11.3 Å². The van der Waals surface area contributed by atoms with E-state index < -0.39 is 0 Å². The lowest BCUT2D eigenvalue weighted by molar-refractivity contribution is -0.118. The molecule has 1 heterocycles. The second-order valence-electron chi connectivity index (χ2n) is 6.21. The van der Waals surface area contributed by atoms with Crippen LogP contribution < -0.4 is 10.7 Å². The number of anilines is 1. The highest BCUT2D eigenvalue weighted by Crippen LogP contribution is 2.15. The molecule has 0 saturated heterocycles. The van der Waals surface area contributed by atoms with Gasteiger partial charge in [0.1, 0.15) is 0 Å². The Morgan fingerprint density at radius 3 is 2.54 bits per heavy atom. The zero-order valence-electron chi connectivity index (χ0n) is 14.6. The number of rotatable bonds is 5. The number of H-pyrrole nitrogens is 1. The molecule has 132 valence electrons. The van der Waals surface area contributed by atoms with E-state index in [2.05, 4.69) is 20.8 Å². The first-order valence-electron chi connectivity index (χ1n) is 8.35. The smallest absolute Gasteiger partial charge is 0.271 e. The van der Waals surface area contributed by atoms with Gasteiger partial charge in [-0.15, -0.1) is 0 Å². The van der Waals surface area contributed by atoms with Crippen LogP contribution >= 0.6 is 0 Å². The number of carbonyl (C=O) groups excluding carboxylic acids is 2. The number of hydrogen-bond acceptors (Lipinski definition) is 3. The molecule has 0 saturated carbocycles. The third-order valence-corrected chi connectivity index (χ3v) is 3.93. The first-order chi connectivity index (χ1) is 12.5. The lowest BCUT2D eigenvalue weighted by atomic mass is 10.1. The molecule has 0 spiro atoms. The summed E-state index contributed by atoms with van der Waals surface area (Å²) in [5.41, 5.74) is 5.54. The van der Waals surface area contributed by atoms with Crippen LogP contribution in [-0.2, 0) is 4.79 Å². The van der Waals surface area contributed by atoms with E-state index >= 15 is 0 Å². The van der Waals surface area contributed by atoms with Crippen molar-refractivity contribution < 1.29 is 9.59 Å². The maximum Gasteiger partial charge on any atom is 0.271 e. The standard InChI is InChI=1S/C20H20N4O2/c1-13(2)19(25)23-16-9-7-14(8-10-16)20(26)24-22-12-15-11-21-18-6-4-3-5-17(15)18/h3-13,21H,1-2H3,(H,23,25)(H,24,26). The maximum atomic E-state index is 12.2. The normalized spacial score (nSPS) is 11.2. The summed E-state index contributed by atoms with van der Waals surface area (Å²) in [6.07, 6.45) is 3.44. The molecule has 2 amide bonds. The number of nitrogens with one attached hydrogen (secondary N) is 3. The fourth-order valence-corrected chi connectivity index (χ4v) is 2.42. The largest absolute Gasteiger partial charge is 0.361 e. The maximum absolute atomic E-state index is 12.2. The summed E-state index contributed by atoms with van der Waals surface area (Å²) in [5.74, 6) is -0.481. The molecule has 0 aliphatic carbocycles. The molecule has 0 aliphatic heterocycles. The quantitative estimate of drug-likeness (QED) is 0.487. The van der Waals surface area contributed by atoms with Gasteiger partial charge in [0.2, 0.25) is 5.91 Å². The van der Waals surface area contributed by atoms with E-state index in [0.717, 1.165) is 16.5 Å². The third kappa shape index (κ3) is 3.97. The molecular weight excluding hydrogens is 328 g/mol. The van der Waals surface area contributed by atoms with Crippen molar-refractivity contribution >= 4 is 34.6 Å². The second-order valence-corrected chi connectivity index (χ2v) is 6.21. The van der Waals surface area contributed by atoms with Crippen LogP contribution in [0.25, 0.3) is 10.9 Å². The van der Waals surface area contributed by atoms with Crippen molar-refractivity contribution in [1.82, 2.24) is 10.4 Å². The van der Waals surface area contributed by atoms with Gasteiger partial charge in [-0.05, 0) is 30.3 Å². The SMILES string of the molecule is CC(C)C(=O)Nc1ccc(C(=O)NN=Cc2c[nH]c3ccccc23)cc1. The van der Waals surface area contributed by atoms with Crippen molar-refractivity contribution in [2.45, 2.75) is 13.8 Å². The predicted molar refractivity (Wildman–Crippen MR) is 103 cm³/mol. The van der Waals surface area contributed by atoms with Gasteiger partial charge in [0.05, 0.1) is 6.21 Å². The summed E-state index contributed by atoms with van der Waals surface area (Å²) in [5, 5.41) is 7.84. The highest BCUT2D eigenvalue weighted by molar-refractivity contribution is 6.00. The number of carbonyl (C=O) groups is 2. The first kappa shape index (κ1) is 17.4. The lowest BCUT2D eigenvalue weighted by Gasteiger charge is -2.08. The van der Waals surface area contributed by atoms with Gasteiger partial charge in [-0.1, -0.05) is 32.0 Å². The summed E-state index contributed by atoms with van der Waals surface area (Å²) in [6.45, 7) is 3.64. The Morgan fingerprint density at radius 1 is 1.08 bits per heavy atom. The van der Waals surface area contributed by atoms with Gasteiger partial charge in [0.15, 0.2) is 0 Å². The van der Waals surface area contributed by atoms with E-state index in [1.807, 2.05) is 44.3 Å². The molecule has 0 aliphatic rings. The molecule has 0 bridgehead atoms. The van der Waals surface area contributed by atoms with Crippen molar-refractivity contribution in [2.24, 2.45) is 11.0 Å². The van der Waals surface area contributed by atoms with Crippen molar-refractivity contribution in [1.29, 1.82) is 0 Å². The lowest BCUT2D eigenvalue weighted by Crippen LogP contribution is -2.19. The highest BCUT2D eigenvalue weighted by atomic mass is 16.2. The fourth-order valence-electron chi connectivity index (χ4n) is 2.42. The Balaban J connectivity index is 1.62. The molecule has 0 fully saturated rings. The Hall–Kier alpha value is -3.41. The van der Waals surface area contributed by atoms with Crippen molar-refractivity contribution in [3.8, 4) is 0 Å². The minimum absolute atomic E-state index is 0.0643. The van der Waals surface area contributed by atoms with Crippen molar-refractivity contribution in [3.05, 3.63) is 65.9 Å². The number of hydrazone groups is 1. The van der Waals surface area contributed by atoms with Crippen LogP contribution in [0.2, 0.25) is 0 Å². The Labute approximate surface area is 151 Å². The number of amides is 2. The summed E-state index contributed by atoms with van der Waals surface area (Å²) in [4.78, 5) is 27.0. The van der Waals surface area contributed by atoms with E-state index in [1.54, 1.807) is 30.5 Å². The molecule has 6 nitrogen and oxygen atoms in total. The van der Waals surface area contributed by atoms with Crippen LogP contribution in [-0.4, -0.2) is 23.0 Å². The van der Waals surface area contributed by atoms with Crippen LogP contribution in [0.3, 0.4) is 0 Å². The average molecular weight is 348 g/mol. The molecular formula is C20H20N4O2. The van der Waals surface area contributed by atoms with Gasteiger partial charge in [0.25, 0.3) is 5.91 Å². The van der Waals surface area contributed by atoms with E-state index in [4.69, 9.17) is 0 Å². The summed E-state index contributed by atoms with van der Waals surface area (Å²) in [7, 11) is 0. The van der Waals surface area contributed by atoms with E-state index in [9.17, 15) is 9.59 Å². The number of nitrogens with zero attached hydrogens (tertiary/aromatic N) is 1. The molecule has 3 aromatic rings. The number of benzene rings is 2.